The normalized spacial score (nSPS) is 17.7. The number of carbonyl (C=O) groups is 1. The minimum absolute atomic E-state index is 0.00957. The van der Waals surface area contributed by atoms with Crippen LogP contribution in [0.2, 0.25) is 10.0 Å². The second kappa shape index (κ2) is 9.46. The lowest BCUT2D eigenvalue weighted by Crippen LogP contribution is -2.40. The fraction of sp³-hybridized carbons (Fsp3) is 0.588. The van der Waals surface area contributed by atoms with E-state index in [9.17, 15) is 14.3 Å². The summed E-state index contributed by atoms with van der Waals surface area (Å²) in [5, 5.41) is 13.1. The molecule has 0 unspecified atom stereocenters. The fourth-order valence-corrected chi connectivity index (χ4v) is 3.67. The van der Waals surface area contributed by atoms with Crippen molar-refractivity contribution in [2.45, 2.75) is 31.7 Å². The lowest BCUT2D eigenvalue weighted by atomic mass is 10.1. The summed E-state index contributed by atoms with van der Waals surface area (Å²) in [5.41, 5.74) is -0.0676. The molecule has 0 saturated carbocycles. The van der Waals surface area contributed by atoms with Crippen LogP contribution in [-0.2, 0) is 0 Å². The summed E-state index contributed by atoms with van der Waals surface area (Å²) < 4.78 is 17.4. The van der Waals surface area contributed by atoms with E-state index in [0.29, 0.717) is 13.0 Å². The first-order chi connectivity index (χ1) is 12.0. The van der Waals surface area contributed by atoms with Gasteiger partial charge in [-0.2, -0.15) is 0 Å². The first-order valence-corrected chi connectivity index (χ1v) is 9.08. The van der Waals surface area contributed by atoms with Gasteiger partial charge in [-0.1, -0.05) is 23.2 Å². The van der Waals surface area contributed by atoms with Crippen LogP contribution in [0.1, 0.15) is 36.0 Å². The fourth-order valence-electron chi connectivity index (χ4n) is 3.13. The number of likely N-dealkylation sites (tertiary alicyclic amines) is 1. The van der Waals surface area contributed by atoms with Crippen molar-refractivity contribution in [1.82, 2.24) is 10.2 Å². The van der Waals surface area contributed by atoms with E-state index >= 15 is 0 Å². The number of halogens is 3. The van der Waals surface area contributed by atoms with Gasteiger partial charge in [0.2, 0.25) is 0 Å². The van der Waals surface area contributed by atoms with Gasteiger partial charge in [-0.05, 0) is 44.8 Å². The molecule has 5 nitrogen and oxygen atoms in total. The molecule has 1 aromatic rings. The number of hydrogen-bond acceptors (Lipinski definition) is 4. The number of unbranched alkanes of at least 4 members (excludes halogenated alkanes) is 1. The number of aromatic hydroxyl groups is 1. The third-order valence-electron chi connectivity index (χ3n) is 4.42. The van der Waals surface area contributed by atoms with Crippen molar-refractivity contribution in [2.24, 2.45) is 0 Å². The Morgan fingerprint density at radius 3 is 2.88 bits per heavy atom. The predicted octanol–water partition coefficient (Wildman–Crippen LogP) is 3.65. The molecule has 1 atom stereocenters. The molecule has 1 aliphatic rings. The van der Waals surface area contributed by atoms with Crippen molar-refractivity contribution in [3.63, 3.8) is 0 Å². The number of nitrogens with zero attached hydrogens (tertiary/aromatic N) is 1. The highest BCUT2D eigenvalue weighted by Gasteiger charge is 2.27. The standard InChI is InChI=1S/C17H23Cl2FN2O3/c1-25-16-13(19)9-12(18)15(23)14(16)17(24)21-10-11-5-4-8-22(11)7-3-2-6-20/h9,11,23H,2-8,10H2,1H3,(H,21,24)/t11-/m0/s1. The maximum Gasteiger partial charge on any atom is 0.259 e. The molecule has 1 heterocycles. The molecule has 2 rings (SSSR count). The number of amides is 1. The molecule has 8 heteroatoms. The number of ether oxygens (including phenoxy) is 1. The molecule has 1 fully saturated rings. The van der Waals surface area contributed by atoms with Crippen LogP contribution in [0.4, 0.5) is 4.39 Å². The van der Waals surface area contributed by atoms with Crippen molar-refractivity contribution >= 4 is 29.1 Å². The number of carbonyl (C=O) groups excluding carboxylic acids is 1. The van der Waals surface area contributed by atoms with Crippen LogP contribution in [0.5, 0.6) is 11.5 Å². The van der Waals surface area contributed by atoms with Gasteiger partial charge < -0.3 is 15.2 Å². The first kappa shape index (κ1) is 20.1. The Morgan fingerprint density at radius 1 is 1.44 bits per heavy atom. The van der Waals surface area contributed by atoms with E-state index in [1.54, 1.807) is 0 Å². The van der Waals surface area contributed by atoms with E-state index < -0.39 is 5.91 Å². The lowest BCUT2D eigenvalue weighted by molar-refractivity contribution is 0.0934. The minimum atomic E-state index is -0.491. The average Bonchev–Trinajstić information content (AvgIpc) is 3.03. The Balaban J connectivity index is 2.03. The molecule has 0 aromatic heterocycles. The number of alkyl halides is 1. The molecule has 1 aliphatic heterocycles. The summed E-state index contributed by atoms with van der Waals surface area (Å²) in [4.78, 5) is 14.8. The number of phenolic OH excluding ortho intramolecular Hbond substituents is 1. The Labute approximate surface area is 157 Å². The lowest BCUT2D eigenvalue weighted by Gasteiger charge is -2.24. The third-order valence-corrected chi connectivity index (χ3v) is 4.99. The van der Waals surface area contributed by atoms with Crippen LogP contribution in [0.15, 0.2) is 6.07 Å². The SMILES string of the molecule is COc1c(Cl)cc(Cl)c(O)c1C(=O)NC[C@@H]1CCCN1CCCCF. The predicted molar refractivity (Wildman–Crippen MR) is 96.8 cm³/mol. The number of rotatable bonds is 8. The van der Waals surface area contributed by atoms with Crippen molar-refractivity contribution in [3.05, 3.63) is 21.7 Å². The van der Waals surface area contributed by atoms with Gasteiger partial charge in [0, 0.05) is 12.6 Å². The van der Waals surface area contributed by atoms with E-state index in [0.717, 1.165) is 32.4 Å². The molecule has 2 N–H and O–H groups in total. The number of methoxy groups -OCH3 is 1. The minimum Gasteiger partial charge on any atom is -0.505 e. The molecule has 25 heavy (non-hydrogen) atoms. The highest BCUT2D eigenvalue weighted by Crippen LogP contribution is 2.40. The Hall–Kier alpha value is -1.24. The molecule has 0 spiro atoms. The topological polar surface area (TPSA) is 61.8 Å². The highest BCUT2D eigenvalue weighted by atomic mass is 35.5. The van der Waals surface area contributed by atoms with E-state index in [4.69, 9.17) is 27.9 Å². The van der Waals surface area contributed by atoms with Crippen molar-refractivity contribution in [1.29, 1.82) is 0 Å². The molecule has 1 aromatic carbocycles. The second-order valence-electron chi connectivity index (χ2n) is 6.04. The summed E-state index contributed by atoms with van der Waals surface area (Å²) in [5.74, 6) is -0.756. The molecular weight excluding hydrogens is 370 g/mol. The summed E-state index contributed by atoms with van der Waals surface area (Å²) in [6, 6.07) is 1.53. The van der Waals surface area contributed by atoms with Gasteiger partial charge in [0.15, 0.2) is 11.5 Å². The quantitative estimate of drug-likeness (QED) is 0.662. The largest absolute Gasteiger partial charge is 0.505 e. The number of nitrogens with one attached hydrogen (secondary N) is 1. The van der Waals surface area contributed by atoms with Crippen LogP contribution in [-0.4, -0.2) is 55.4 Å². The van der Waals surface area contributed by atoms with Crippen LogP contribution < -0.4 is 10.1 Å². The third kappa shape index (κ3) is 4.90. The van der Waals surface area contributed by atoms with Crippen molar-refractivity contribution in [2.75, 3.05) is 33.4 Å². The zero-order valence-corrected chi connectivity index (χ0v) is 15.7. The van der Waals surface area contributed by atoms with Crippen LogP contribution >= 0.6 is 23.2 Å². The van der Waals surface area contributed by atoms with Gasteiger partial charge in [-0.3, -0.25) is 14.1 Å². The van der Waals surface area contributed by atoms with Crippen molar-refractivity contribution in [3.8, 4) is 11.5 Å². The van der Waals surface area contributed by atoms with Gasteiger partial charge >= 0.3 is 0 Å². The second-order valence-corrected chi connectivity index (χ2v) is 6.85. The van der Waals surface area contributed by atoms with Crippen LogP contribution in [0.3, 0.4) is 0 Å². The van der Waals surface area contributed by atoms with E-state index in [-0.39, 0.29) is 39.8 Å². The molecule has 0 bridgehead atoms. The molecular formula is C17H23Cl2FN2O3. The number of benzene rings is 1. The summed E-state index contributed by atoms with van der Waals surface area (Å²) in [6.07, 6.45) is 3.38. The molecule has 1 saturated heterocycles. The Morgan fingerprint density at radius 2 is 2.20 bits per heavy atom. The van der Waals surface area contributed by atoms with E-state index in [2.05, 4.69) is 10.2 Å². The number of phenols is 1. The Kier molecular flexibility index (Phi) is 7.59. The maximum atomic E-state index is 12.5. The Bertz CT molecular complexity index is 616. The van der Waals surface area contributed by atoms with E-state index in [1.807, 2.05) is 0 Å². The van der Waals surface area contributed by atoms with Crippen LogP contribution in [0.25, 0.3) is 0 Å². The van der Waals surface area contributed by atoms with E-state index in [1.165, 1.54) is 13.2 Å². The molecule has 140 valence electrons. The molecule has 0 radical (unpaired) electrons. The smallest absolute Gasteiger partial charge is 0.259 e. The summed E-state index contributed by atoms with van der Waals surface area (Å²) in [6.45, 7) is 1.90. The van der Waals surface area contributed by atoms with Gasteiger partial charge in [0.1, 0.15) is 5.56 Å². The number of hydrogen-bond donors (Lipinski definition) is 2. The van der Waals surface area contributed by atoms with Gasteiger partial charge in [-0.15, -0.1) is 0 Å². The summed E-state index contributed by atoms with van der Waals surface area (Å²) in [7, 11) is 1.37. The first-order valence-electron chi connectivity index (χ1n) is 8.32. The van der Waals surface area contributed by atoms with Gasteiger partial charge in [0.25, 0.3) is 5.91 Å². The van der Waals surface area contributed by atoms with Gasteiger partial charge in [-0.25, -0.2) is 0 Å². The van der Waals surface area contributed by atoms with Crippen LogP contribution in [0, 0.1) is 0 Å². The molecule has 0 aliphatic carbocycles. The highest BCUT2D eigenvalue weighted by molar-refractivity contribution is 6.37. The van der Waals surface area contributed by atoms with Crippen molar-refractivity contribution < 1.29 is 19.0 Å². The zero-order chi connectivity index (χ0) is 18.4. The summed E-state index contributed by atoms with van der Waals surface area (Å²) >= 11 is 11.9. The van der Waals surface area contributed by atoms with Gasteiger partial charge in [0.05, 0.1) is 23.8 Å². The molecule has 1 amide bonds. The zero-order valence-electron chi connectivity index (χ0n) is 14.2. The average molecular weight is 393 g/mol. The maximum absolute atomic E-state index is 12.5. The monoisotopic (exact) mass is 392 g/mol.